The zero-order valence-corrected chi connectivity index (χ0v) is 10.7. The Morgan fingerprint density at radius 2 is 2.00 bits per heavy atom. The summed E-state index contributed by atoms with van der Waals surface area (Å²) < 4.78 is 1.90. The monoisotopic (exact) mass is 258 g/mol. The minimum absolute atomic E-state index is 0.181. The first kappa shape index (κ1) is 12.2. The molecule has 1 aromatic carbocycles. The fourth-order valence-corrected chi connectivity index (χ4v) is 2.38. The van der Waals surface area contributed by atoms with Gasteiger partial charge in [-0.3, -0.25) is 4.68 Å². The molecule has 1 aromatic heterocycles. The van der Waals surface area contributed by atoms with E-state index in [4.69, 9.17) is 5.73 Å². The van der Waals surface area contributed by atoms with Crippen molar-refractivity contribution in [3.63, 3.8) is 0 Å². The van der Waals surface area contributed by atoms with Crippen molar-refractivity contribution in [1.29, 1.82) is 0 Å². The molecule has 2 heterocycles. The van der Waals surface area contributed by atoms with Gasteiger partial charge in [0, 0.05) is 31.4 Å². The van der Waals surface area contributed by atoms with Crippen LogP contribution >= 0.6 is 0 Å². The first-order valence-electron chi connectivity index (χ1n) is 6.48. The van der Waals surface area contributed by atoms with Crippen molar-refractivity contribution in [2.75, 3.05) is 18.0 Å². The Bertz CT molecular complexity index is 529. The van der Waals surface area contributed by atoms with E-state index in [0.29, 0.717) is 13.1 Å². The van der Waals surface area contributed by atoms with E-state index in [1.54, 1.807) is 0 Å². The lowest BCUT2D eigenvalue weighted by Gasteiger charge is -2.13. The summed E-state index contributed by atoms with van der Waals surface area (Å²) in [6.45, 7) is 1.97. The van der Waals surface area contributed by atoms with E-state index in [1.165, 1.54) is 5.56 Å². The zero-order chi connectivity index (χ0) is 13.2. The number of aliphatic hydroxyl groups is 1. The summed E-state index contributed by atoms with van der Waals surface area (Å²) in [6, 6.07) is 12.0. The summed E-state index contributed by atoms with van der Waals surface area (Å²) in [5.74, 6) is 0.878. The molecule has 1 saturated heterocycles. The van der Waals surface area contributed by atoms with Crippen LogP contribution in [0.2, 0.25) is 0 Å². The Kier molecular flexibility index (Phi) is 3.23. The summed E-state index contributed by atoms with van der Waals surface area (Å²) in [6.07, 6.45) is 1.50. The number of hydrogen-bond donors (Lipinski definition) is 2. The fraction of sp³-hybridized carbons (Fsp3) is 0.357. The molecular weight excluding hydrogens is 240 g/mol. The molecule has 0 spiro atoms. The predicted molar refractivity (Wildman–Crippen MR) is 74.0 cm³/mol. The molecule has 19 heavy (non-hydrogen) atoms. The molecule has 100 valence electrons. The first-order chi connectivity index (χ1) is 9.22. The Morgan fingerprint density at radius 3 is 2.68 bits per heavy atom. The molecule has 1 aliphatic heterocycles. The minimum atomic E-state index is -0.459. The van der Waals surface area contributed by atoms with Crippen molar-refractivity contribution in [3.05, 3.63) is 48.2 Å². The van der Waals surface area contributed by atoms with Gasteiger partial charge in [0.15, 0.2) is 5.82 Å². The number of aromatic nitrogens is 2. The van der Waals surface area contributed by atoms with Crippen LogP contribution in [0.4, 0.5) is 5.82 Å². The second-order valence-electron chi connectivity index (χ2n) is 4.99. The van der Waals surface area contributed by atoms with Crippen LogP contribution in [0.5, 0.6) is 0 Å². The lowest BCUT2D eigenvalue weighted by molar-refractivity contribution is 0.180. The molecule has 2 atom stereocenters. The minimum Gasteiger partial charge on any atom is -0.390 e. The maximum Gasteiger partial charge on any atom is 0.150 e. The molecule has 2 aromatic rings. The highest BCUT2D eigenvalue weighted by molar-refractivity contribution is 5.39. The zero-order valence-electron chi connectivity index (χ0n) is 10.7. The molecule has 1 aliphatic rings. The van der Waals surface area contributed by atoms with Crippen LogP contribution in [0, 0.1) is 0 Å². The molecule has 1 unspecified atom stereocenters. The van der Waals surface area contributed by atoms with Crippen molar-refractivity contribution in [2.45, 2.75) is 18.7 Å². The molecule has 0 amide bonds. The van der Waals surface area contributed by atoms with Gasteiger partial charge in [-0.05, 0) is 5.56 Å². The number of benzene rings is 1. The number of nitrogens with zero attached hydrogens (tertiary/aromatic N) is 3. The normalized spacial score (nSPS) is 22.9. The average Bonchev–Trinajstić information content (AvgIpc) is 2.99. The van der Waals surface area contributed by atoms with Crippen molar-refractivity contribution in [2.24, 2.45) is 5.73 Å². The topological polar surface area (TPSA) is 67.3 Å². The number of rotatable bonds is 3. The summed E-state index contributed by atoms with van der Waals surface area (Å²) in [5, 5.41) is 14.2. The standard InChI is InChI=1S/C14H18N4O/c15-12-9-17(10-13(12)19)14-6-7-18(16-14)8-11-4-2-1-3-5-11/h1-7,12-13,19H,8-10,15H2/t12-,13?/m0/s1. The molecule has 3 rings (SSSR count). The highest BCUT2D eigenvalue weighted by Crippen LogP contribution is 2.17. The molecule has 1 fully saturated rings. The van der Waals surface area contributed by atoms with E-state index in [9.17, 15) is 5.11 Å². The van der Waals surface area contributed by atoms with E-state index < -0.39 is 6.10 Å². The smallest absolute Gasteiger partial charge is 0.150 e. The first-order valence-corrected chi connectivity index (χ1v) is 6.48. The molecule has 3 N–H and O–H groups in total. The number of anilines is 1. The molecule has 0 radical (unpaired) electrons. The van der Waals surface area contributed by atoms with Crippen molar-refractivity contribution in [3.8, 4) is 0 Å². The number of aliphatic hydroxyl groups excluding tert-OH is 1. The van der Waals surface area contributed by atoms with Gasteiger partial charge in [-0.15, -0.1) is 0 Å². The van der Waals surface area contributed by atoms with Gasteiger partial charge in [0.2, 0.25) is 0 Å². The van der Waals surface area contributed by atoms with E-state index in [1.807, 2.05) is 40.0 Å². The predicted octanol–water partition coefficient (Wildman–Crippen LogP) is 0.440. The maximum atomic E-state index is 9.67. The highest BCUT2D eigenvalue weighted by Gasteiger charge is 2.29. The molecule has 5 nitrogen and oxygen atoms in total. The Balaban J connectivity index is 1.70. The van der Waals surface area contributed by atoms with Crippen LogP contribution in [0.1, 0.15) is 5.56 Å². The third kappa shape index (κ3) is 2.62. The lowest BCUT2D eigenvalue weighted by Crippen LogP contribution is -2.32. The van der Waals surface area contributed by atoms with Crippen LogP contribution < -0.4 is 10.6 Å². The van der Waals surface area contributed by atoms with Gasteiger partial charge >= 0.3 is 0 Å². The van der Waals surface area contributed by atoms with Gasteiger partial charge in [0.1, 0.15) is 0 Å². The fourth-order valence-electron chi connectivity index (χ4n) is 2.38. The Morgan fingerprint density at radius 1 is 1.21 bits per heavy atom. The summed E-state index contributed by atoms with van der Waals surface area (Å²) >= 11 is 0. The quantitative estimate of drug-likeness (QED) is 0.838. The van der Waals surface area contributed by atoms with E-state index in [-0.39, 0.29) is 6.04 Å². The second kappa shape index (κ2) is 5.03. The van der Waals surface area contributed by atoms with Crippen molar-refractivity contribution >= 4 is 5.82 Å². The Hall–Kier alpha value is -1.85. The van der Waals surface area contributed by atoms with Crippen LogP contribution in [0.15, 0.2) is 42.6 Å². The van der Waals surface area contributed by atoms with Crippen molar-refractivity contribution < 1.29 is 5.11 Å². The van der Waals surface area contributed by atoms with Gasteiger partial charge in [-0.2, -0.15) is 5.10 Å². The largest absolute Gasteiger partial charge is 0.390 e. The van der Waals surface area contributed by atoms with E-state index in [2.05, 4.69) is 17.2 Å². The molecule has 0 aliphatic carbocycles. The third-order valence-corrected chi connectivity index (χ3v) is 3.47. The number of hydrogen-bond acceptors (Lipinski definition) is 4. The van der Waals surface area contributed by atoms with Gasteiger partial charge in [-0.25, -0.2) is 0 Å². The van der Waals surface area contributed by atoms with Gasteiger partial charge in [0.05, 0.1) is 12.6 Å². The SMILES string of the molecule is N[C@H]1CN(c2ccn(Cc3ccccc3)n2)CC1O. The highest BCUT2D eigenvalue weighted by atomic mass is 16.3. The molecular formula is C14H18N4O. The molecule has 0 saturated carbocycles. The third-order valence-electron chi connectivity index (χ3n) is 3.47. The molecule has 5 heteroatoms. The van der Waals surface area contributed by atoms with Gasteiger partial charge in [-0.1, -0.05) is 30.3 Å². The van der Waals surface area contributed by atoms with Crippen molar-refractivity contribution in [1.82, 2.24) is 9.78 Å². The number of nitrogens with two attached hydrogens (primary N) is 1. The number of β-amino-alcohol motifs (C(OH)–C–C–N with tert-alkyl or cyclic N) is 1. The van der Waals surface area contributed by atoms with E-state index >= 15 is 0 Å². The maximum absolute atomic E-state index is 9.67. The van der Waals surface area contributed by atoms with Gasteiger partial charge < -0.3 is 15.7 Å². The Labute approximate surface area is 112 Å². The van der Waals surface area contributed by atoms with Crippen LogP contribution in [0.25, 0.3) is 0 Å². The molecule has 0 bridgehead atoms. The second-order valence-corrected chi connectivity index (χ2v) is 4.99. The summed E-state index contributed by atoms with van der Waals surface area (Å²) in [7, 11) is 0. The van der Waals surface area contributed by atoms with Crippen LogP contribution in [-0.2, 0) is 6.54 Å². The van der Waals surface area contributed by atoms with Crippen LogP contribution in [-0.4, -0.2) is 40.1 Å². The average molecular weight is 258 g/mol. The van der Waals surface area contributed by atoms with Gasteiger partial charge in [0.25, 0.3) is 0 Å². The van der Waals surface area contributed by atoms with E-state index in [0.717, 1.165) is 12.4 Å². The summed E-state index contributed by atoms with van der Waals surface area (Å²) in [5.41, 5.74) is 7.03. The van der Waals surface area contributed by atoms with Crippen LogP contribution in [0.3, 0.4) is 0 Å². The summed E-state index contributed by atoms with van der Waals surface area (Å²) in [4.78, 5) is 2.02. The lowest BCUT2D eigenvalue weighted by atomic mass is 10.2.